The number of hydrogen-bond donors (Lipinski definition) is 1. The lowest BCUT2D eigenvalue weighted by Crippen LogP contribution is -2.04. The van der Waals surface area contributed by atoms with Crippen LogP contribution >= 0.6 is 0 Å². The molecule has 0 aliphatic carbocycles. The Morgan fingerprint density at radius 3 is 2.30 bits per heavy atom. The quantitative estimate of drug-likeness (QED) is 0.904. The van der Waals surface area contributed by atoms with Crippen molar-refractivity contribution in [3.05, 3.63) is 24.2 Å². The molecule has 1 heterocycles. The maximum Gasteiger partial charge on any atom is 0.211 e. The molecule has 6 nitrogen and oxygen atoms in total. The zero-order valence-electron chi connectivity index (χ0n) is 12.0. The van der Waals surface area contributed by atoms with Crippen molar-refractivity contribution in [3.8, 4) is 28.6 Å². The van der Waals surface area contributed by atoms with Crippen molar-refractivity contribution in [3.63, 3.8) is 0 Å². The number of aromatic nitrogens is 1. The van der Waals surface area contributed by atoms with Gasteiger partial charge < -0.3 is 24.4 Å². The van der Waals surface area contributed by atoms with Gasteiger partial charge in [0.05, 0.1) is 39.1 Å². The molecule has 1 aromatic carbocycles. The van der Waals surface area contributed by atoms with Gasteiger partial charge in [-0.1, -0.05) is 0 Å². The Kier molecular flexibility index (Phi) is 4.14. The predicted molar refractivity (Wildman–Crippen MR) is 74.2 cm³/mol. The topological polar surface area (TPSA) is 79.7 Å². The summed E-state index contributed by atoms with van der Waals surface area (Å²) < 4.78 is 21.6. The Hall–Kier alpha value is -2.21. The van der Waals surface area contributed by atoms with Crippen LogP contribution in [0.3, 0.4) is 0 Å². The van der Waals surface area contributed by atoms with Gasteiger partial charge in [-0.2, -0.15) is 0 Å². The number of nitrogens with zero attached hydrogens (tertiary/aromatic N) is 1. The predicted octanol–water partition coefficient (Wildman–Crippen LogP) is 2.39. The number of nitrogens with two attached hydrogens (primary N) is 1. The lowest BCUT2D eigenvalue weighted by Gasteiger charge is -2.14. The molecule has 20 heavy (non-hydrogen) atoms. The number of hydrogen-bond acceptors (Lipinski definition) is 6. The van der Waals surface area contributed by atoms with Crippen LogP contribution in [0, 0.1) is 0 Å². The van der Waals surface area contributed by atoms with Crippen molar-refractivity contribution in [2.45, 2.75) is 13.0 Å². The third-order valence-electron chi connectivity index (χ3n) is 2.88. The van der Waals surface area contributed by atoms with E-state index in [4.69, 9.17) is 24.4 Å². The van der Waals surface area contributed by atoms with Gasteiger partial charge in [0, 0.05) is 0 Å². The average molecular weight is 278 g/mol. The standard InChI is InChI=1S/C14H18N2O4/c1-8(15)14-16-7-11(20-14)9-5-6-10(17-2)13(19-4)12(9)18-3/h5-8H,15H2,1-4H3. The van der Waals surface area contributed by atoms with Crippen LogP contribution in [0.4, 0.5) is 0 Å². The molecule has 0 saturated carbocycles. The minimum Gasteiger partial charge on any atom is -0.493 e. The number of methoxy groups -OCH3 is 3. The molecule has 0 radical (unpaired) electrons. The summed E-state index contributed by atoms with van der Waals surface area (Å²) in [5.41, 5.74) is 6.47. The van der Waals surface area contributed by atoms with Crippen LogP contribution < -0.4 is 19.9 Å². The Bertz CT molecular complexity index is 593. The normalized spacial score (nSPS) is 12.1. The summed E-state index contributed by atoms with van der Waals surface area (Å²) in [7, 11) is 4.68. The fourth-order valence-corrected chi connectivity index (χ4v) is 1.92. The molecule has 0 aliphatic heterocycles. The van der Waals surface area contributed by atoms with Gasteiger partial charge in [-0.25, -0.2) is 4.98 Å². The molecule has 6 heteroatoms. The first-order valence-corrected chi connectivity index (χ1v) is 6.13. The molecule has 0 aliphatic rings. The van der Waals surface area contributed by atoms with E-state index in [-0.39, 0.29) is 6.04 Å². The lowest BCUT2D eigenvalue weighted by atomic mass is 10.1. The number of oxazole rings is 1. The molecule has 2 aromatic rings. The Morgan fingerprint density at radius 1 is 1.10 bits per heavy atom. The van der Waals surface area contributed by atoms with Gasteiger partial charge in [0.2, 0.25) is 11.6 Å². The SMILES string of the molecule is COc1ccc(-c2cnc(C(C)N)o2)c(OC)c1OC. The van der Waals surface area contributed by atoms with Crippen molar-refractivity contribution in [2.75, 3.05) is 21.3 Å². The first-order valence-electron chi connectivity index (χ1n) is 6.13. The van der Waals surface area contributed by atoms with Crippen LogP contribution in [0.2, 0.25) is 0 Å². The molecule has 1 atom stereocenters. The zero-order valence-corrected chi connectivity index (χ0v) is 12.0. The molecule has 1 unspecified atom stereocenters. The first-order chi connectivity index (χ1) is 9.62. The van der Waals surface area contributed by atoms with E-state index in [2.05, 4.69) is 4.98 Å². The highest BCUT2D eigenvalue weighted by atomic mass is 16.5. The summed E-state index contributed by atoms with van der Waals surface area (Å²) in [5.74, 6) is 2.65. The maximum atomic E-state index is 5.75. The second-order valence-corrected chi connectivity index (χ2v) is 4.23. The summed E-state index contributed by atoms with van der Waals surface area (Å²) in [6, 6.07) is 3.34. The van der Waals surface area contributed by atoms with E-state index >= 15 is 0 Å². The molecule has 2 N–H and O–H groups in total. The van der Waals surface area contributed by atoms with Crippen molar-refractivity contribution in [1.82, 2.24) is 4.98 Å². The monoisotopic (exact) mass is 278 g/mol. The molecule has 0 bridgehead atoms. The fraction of sp³-hybridized carbons (Fsp3) is 0.357. The van der Waals surface area contributed by atoms with Gasteiger partial charge in [0.1, 0.15) is 0 Å². The van der Waals surface area contributed by atoms with E-state index in [1.54, 1.807) is 40.5 Å². The Balaban J connectivity index is 2.55. The maximum absolute atomic E-state index is 5.75. The lowest BCUT2D eigenvalue weighted by molar-refractivity contribution is 0.324. The third-order valence-corrected chi connectivity index (χ3v) is 2.88. The fourth-order valence-electron chi connectivity index (χ4n) is 1.92. The second-order valence-electron chi connectivity index (χ2n) is 4.23. The van der Waals surface area contributed by atoms with Gasteiger partial charge in [0.25, 0.3) is 0 Å². The highest BCUT2D eigenvalue weighted by Gasteiger charge is 2.20. The smallest absolute Gasteiger partial charge is 0.211 e. The molecule has 0 spiro atoms. The summed E-state index contributed by atoms with van der Waals surface area (Å²) in [6.07, 6.45) is 1.61. The van der Waals surface area contributed by atoms with Gasteiger partial charge in [-0.15, -0.1) is 0 Å². The van der Waals surface area contributed by atoms with Crippen molar-refractivity contribution < 1.29 is 18.6 Å². The molecule has 0 saturated heterocycles. The minimum absolute atomic E-state index is 0.269. The molecule has 0 amide bonds. The van der Waals surface area contributed by atoms with Crippen LogP contribution in [0.1, 0.15) is 18.9 Å². The van der Waals surface area contributed by atoms with E-state index < -0.39 is 0 Å². The van der Waals surface area contributed by atoms with Crippen LogP contribution in [0.25, 0.3) is 11.3 Å². The zero-order chi connectivity index (χ0) is 14.7. The number of benzene rings is 1. The summed E-state index contributed by atoms with van der Waals surface area (Å²) >= 11 is 0. The molecule has 2 rings (SSSR count). The number of rotatable bonds is 5. The van der Waals surface area contributed by atoms with Gasteiger partial charge >= 0.3 is 0 Å². The summed E-state index contributed by atoms with van der Waals surface area (Å²) in [6.45, 7) is 1.81. The average Bonchev–Trinajstić information content (AvgIpc) is 2.95. The van der Waals surface area contributed by atoms with Crippen LogP contribution in [-0.4, -0.2) is 26.3 Å². The summed E-state index contributed by atoms with van der Waals surface area (Å²) in [4.78, 5) is 4.15. The Labute approximate surface area is 117 Å². The van der Waals surface area contributed by atoms with E-state index in [9.17, 15) is 0 Å². The van der Waals surface area contributed by atoms with Gasteiger partial charge in [0.15, 0.2) is 17.3 Å². The van der Waals surface area contributed by atoms with Crippen molar-refractivity contribution in [1.29, 1.82) is 0 Å². The van der Waals surface area contributed by atoms with Crippen LogP contribution in [0.15, 0.2) is 22.7 Å². The second kappa shape index (κ2) is 5.83. The summed E-state index contributed by atoms with van der Waals surface area (Å²) in [5, 5.41) is 0. The molecule has 0 fully saturated rings. The third kappa shape index (κ3) is 2.42. The van der Waals surface area contributed by atoms with Gasteiger partial charge in [-0.3, -0.25) is 0 Å². The highest BCUT2D eigenvalue weighted by molar-refractivity contribution is 5.72. The molecule has 1 aromatic heterocycles. The van der Waals surface area contributed by atoms with E-state index in [1.807, 2.05) is 6.07 Å². The minimum atomic E-state index is -0.269. The Morgan fingerprint density at radius 2 is 1.80 bits per heavy atom. The van der Waals surface area contributed by atoms with Crippen molar-refractivity contribution in [2.24, 2.45) is 5.73 Å². The van der Waals surface area contributed by atoms with E-state index in [0.717, 1.165) is 5.56 Å². The molecular weight excluding hydrogens is 260 g/mol. The van der Waals surface area contributed by atoms with Crippen molar-refractivity contribution >= 4 is 0 Å². The number of ether oxygens (including phenoxy) is 3. The molecule has 108 valence electrons. The highest BCUT2D eigenvalue weighted by Crippen LogP contribution is 2.44. The first kappa shape index (κ1) is 14.2. The van der Waals surface area contributed by atoms with E-state index in [1.165, 1.54) is 0 Å². The molecular formula is C14H18N2O4. The van der Waals surface area contributed by atoms with Crippen LogP contribution in [-0.2, 0) is 0 Å². The largest absolute Gasteiger partial charge is 0.493 e. The van der Waals surface area contributed by atoms with Crippen LogP contribution in [0.5, 0.6) is 17.2 Å². The van der Waals surface area contributed by atoms with Gasteiger partial charge in [-0.05, 0) is 19.1 Å². The van der Waals surface area contributed by atoms with E-state index in [0.29, 0.717) is 28.9 Å².